The number of hydrogen-bond donors (Lipinski definition) is 1. The predicted octanol–water partition coefficient (Wildman–Crippen LogP) is 3.02. The second-order valence-corrected chi connectivity index (χ2v) is 6.85. The largest absolute Gasteiger partial charge is 0.497 e. The minimum absolute atomic E-state index is 0.00894. The van der Waals surface area contributed by atoms with E-state index in [1.807, 2.05) is 48.5 Å². The smallest absolute Gasteiger partial charge is 0.437 e. The Kier molecular flexibility index (Phi) is 6.07. The van der Waals surface area contributed by atoms with Crippen LogP contribution in [0.4, 0.5) is 0 Å². The summed E-state index contributed by atoms with van der Waals surface area (Å²) >= 11 is 0. The molecule has 9 heteroatoms. The monoisotopic (exact) mass is 435 g/mol. The number of hydrogen-bond acceptors (Lipinski definition) is 7. The first-order valence-corrected chi connectivity index (χ1v) is 9.76. The van der Waals surface area contributed by atoms with E-state index in [0.717, 1.165) is 15.8 Å². The van der Waals surface area contributed by atoms with E-state index >= 15 is 0 Å². The number of aromatic nitrogens is 2. The Balaban J connectivity index is 1.57. The molecule has 32 heavy (non-hydrogen) atoms. The number of nitrogens with zero attached hydrogens (tertiary/aromatic N) is 2. The van der Waals surface area contributed by atoms with Crippen LogP contribution < -0.4 is 20.5 Å². The van der Waals surface area contributed by atoms with Gasteiger partial charge in [-0.05, 0) is 47.5 Å². The van der Waals surface area contributed by atoms with Crippen molar-refractivity contribution in [3.05, 3.63) is 88.6 Å². The zero-order chi connectivity index (χ0) is 22.5. The normalized spacial score (nSPS) is 10.8. The average Bonchev–Trinajstić information content (AvgIpc) is 3.48. The summed E-state index contributed by atoms with van der Waals surface area (Å²) in [6.07, 6.45) is 1.44. The van der Waals surface area contributed by atoms with Crippen LogP contribution in [0.15, 0.2) is 80.6 Å². The molecule has 2 aromatic carbocycles. The van der Waals surface area contributed by atoms with Crippen molar-refractivity contribution in [3.8, 4) is 23.1 Å². The molecule has 0 saturated heterocycles. The zero-order valence-electron chi connectivity index (χ0n) is 17.5. The van der Waals surface area contributed by atoms with Crippen LogP contribution in [0.2, 0.25) is 0 Å². The molecule has 0 aliphatic heterocycles. The fraction of sp³-hybridized carbons (Fsp3) is 0.174. The van der Waals surface area contributed by atoms with Gasteiger partial charge in [-0.15, -0.1) is 5.10 Å². The molecule has 4 rings (SSSR count). The average molecular weight is 435 g/mol. The number of rotatable bonds is 8. The number of nitrogens with one attached hydrogen (secondary N) is 1. The van der Waals surface area contributed by atoms with Crippen LogP contribution in [0.5, 0.6) is 11.5 Å². The van der Waals surface area contributed by atoms with Gasteiger partial charge in [-0.2, -0.15) is 4.68 Å². The molecule has 0 bridgehead atoms. The first-order chi connectivity index (χ1) is 15.6. The lowest BCUT2D eigenvalue weighted by atomic mass is 9.98. The van der Waals surface area contributed by atoms with Gasteiger partial charge in [0.15, 0.2) is 5.76 Å². The second kappa shape index (κ2) is 9.25. The van der Waals surface area contributed by atoms with Crippen molar-refractivity contribution in [2.75, 3.05) is 14.2 Å². The Bertz CT molecular complexity index is 1180. The molecule has 0 radical (unpaired) electrons. The van der Waals surface area contributed by atoms with Crippen LogP contribution in [0.3, 0.4) is 0 Å². The molecule has 2 aromatic heterocycles. The third-order valence-corrected chi connectivity index (χ3v) is 4.84. The Morgan fingerprint density at radius 1 is 1.00 bits per heavy atom. The number of amides is 1. The minimum atomic E-state index is -0.753. The molecule has 0 atom stereocenters. The van der Waals surface area contributed by atoms with E-state index in [1.54, 1.807) is 26.4 Å². The maximum absolute atomic E-state index is 12.8. The molecule has 0 fully saturated rings. The van der Waals surface area contributed by atoms with Crippen molar-refractivity contribution in [2.24, 2.45) is 0 Å². The molecule has 0 aliphatic carbocycles. The van der Waals surface area contributed by atoms with Crippen LogP contribution in [0.25, 0.3) is 11.7 Å². The van der Waals surface area contributed by atoms with E-state index in [2.05, 4.69) is 10.4 Å². The molecule has 1 N–H and O–H groups in total. The summed E-state index contributed by atoms with van der Waals surface area (Å²) < 4.78 is 21.7. The van der Waals surface area contributed by atoms with E-state index in [-0.39, 0.29) is 12.4 Å². The van der Waals surface area contributed by atoms with Crippen LogP contribution in [0, 0.1) is 0 Å². The summed E-state index contributed by atoms with van der Waals surface area (Å²) in [6, 6.07) is 17.5. The van der Waals surface area contributed by atoms with Crippen molar-refractivity contribution in [2.45, 2.75) is 12.6 Å². The molecule has 0 aliphatic rings. The third kappa shape index (κ3) is 4.56. The highest BCUT2D eigenvalue weighted by Gasteiger charge is 2.20. The van der Waals surface area contributed by atoms with Gasteiger partial charge >= 0.3 is 5.76 Å². The minimum Gasteiger partial charge on any atom is -0.497 e. The van der Waals surface area contributed by atoms with Gasteiger partial charge in [0.2, 0.25) is 5.91 Å². The first kappa shape index (κ1) is 21.0. The van der Waals surface area contributed by atoms with Gasteiger partial charge < -0.3 is 23.6 Å². The number of ether oxygens (including phenoxy) is 2. The summed E-state index contributed by atoms with van der Waals surface area (Å²) in [7, 11) is 3.18. The maximum atomic E-state index is 12.8. The highest BCUT2D eigenvalue weighted by atomic mass is 16.5. The lowest BCUT2D eigenvalue weighted by molar-refractivity contribution is -0.122. The summed E-state index contributed by atoms with van der Waals surface area (Å²) in [4.78, 5) is 25.0. The highest BCUT2D eigenvalue weighted by molar-refractivity contribution is 5.76. The van der Waals surface area contributed by atoms with Gasteiger partial charge in [0.1, 0.15) is 18.0 Å². The highest BCUT2D eigenvalue weighted by Crippen LogP contribution is 2.26. The van der Waals surface area contributed by atoms with Crippen LogP contribution in [0.1, 0.15) is 17.2 Å². The summed E-state index contributed by atoms with van der Waals surface area (Å²) in [5.74, 6) is 0.548. The lowest BCUT2D eigenvalue weighted by Crippen LogP contribution is -2.34. The number of carbonyl (C=O) groups is 1. The fourth-order valence-corrected chi connectivity index (χ4v) is 3.20. The van der Waals surface area contributed by atoms with Gasteiger partial charge in [0.25, 0.3) is 5.89 Å². The molecule has 2 heterocycles. The Morgan fingerprint density at radius 3 is 2.09 bits per heavy atom. The van der Waals surface area contributed by atoms with Crippen LogP contribution in [-0.2, 0) is 11.3 Å². The van der Waals surface area contributed by atoms with Gasteiger partial charge in [-0.3, -0.25) is 4.79 Å². The van der Waals surface area contributed by atoms with E-state index < -0.39 is 17.7 Å². The third-order valence-electron chi connectivity index (χ3n) is 4.84. The van der Waals surface area contributed by atoms with Gasteiger partial charge in [0.05, 0.1) is 26.5 Å². The predicted molar refractivity (Wildman–Crippen MR) is 114 cm³/mol. The van der Waals surface area contributed by atoms with Crippen molar-refractivity contribution < 1.29 is 23.1 Å². The van der Waals surface area contributed by atoms with Gasteiger partial charge in [0, 0.05) is 0 Å². The number of methoxy groups -OCH3 is 2. The zero-order valence-corrected chi connectivity index (χ0v) is 17.5. The van der Waals surface area contributed by atoms with E-state index in [4.69, 9.17) is 18.3 Å². The first-order valence-electron chi connectivity index (χ1n) is 9.76. The second-order valence-electron chi connectivity index (χ2n) is 6.85. The van der Waals surface area contributed by atoms with Crippen molar-refractivity contribution >= 4 is 5.91 Å². The van der Waals surface area contributed by atoms with E-state index in [1.165, 1.54) is 6.26 Å². The molecule has 4 aromatic rings. The molecule has 164 valence electrons. The number of furan rings is 1. The van der Waals surface area contributed by atoms with Crippen LogP contribution >= 0.6 is 0 Å². The molecule has 0 unspecified atom stereocenters. The van der Waals surface area contributed by atoms with Gasteiger partial charge in [-0.1, -0.05) is 24.3 Å². The quantitative estimate of drug-likeness (QED) is 0.453. The van der Waals surface area contributed by atoms with Crippen LogP contribution in [-0.4, -0.2) is 29.9 Å². The Morgan fingerprint density at radius 2 is 1.59 bits per heavy atom. The van der Waals surface area contributed by atoms with Gasteiger partial charge in [-0.25, -0.2) is 4.79 Å². The van der Waals surface area contributed by atoms with E-state index in [0.29, 0.717) is 17.3 Å². The lowest BCUT2D eigenvalue weighted by Gasteiger charge is -2.20. The Labute approximate surface area is 183 Å². The fourth-order valence-electron chi connectivity index (χ4n) is 3.20. The van der Waals surface area contributed by atoms with Crippen molar-refractivity contribution in [1.82, 2.24) is 15.1 Å². The molecular weight excluding hydrogens is 414 g/mol. The molecule has 0 saturated carbocycles. The number of benzene rings is 2. The number of carbonyl (C=O) groups excluding carboxylic acids is 1. The molecule has 1 amide bonds. The SMILES string of the molecule is COc1ccc(C(NC(=O)Cn2nc(-c3ccco3)oc2=O)c2ccc(OC)cc2)cc1. The van der Waals surface area contributed by atoms with E-state index in [9.17, 15) is 9.59 Å². The molecular formula is C23H21N3O6. The topological polar surface area (TPSA) is 109 Å². The summed E-state index contributed by atoms with van der Waals surface area (Å²) in [5.41, 5.74) is 1.68. The molecule has 0 spiro atoms. The summed E-state index contributed by atoms with van der Waals surface area (Å²) in [5, 5.41) is 7.00. The maximum Gasteiger partial charge on any atom is 0.437 e. The van der Waals surface area contributed by atoms with Crippen molar-refractivity contribution in [3.63, 3.8) is 0 Å². The standard InChI is InChI=1S/C23H21N3O6/c1-29-17-9-5-15(6-10-17)21(16-7-11-18(30-2)12-8-16)24-20(27)14-26-23(28)32-22(25-26)19-4-3-13-31-19/h3-13,21H,14H2,1-2H3,(H,24,27). The molecule has 9 nitrogen and oxygen atoms in total. The van der Waals surface area contributed by atoms with Crippen molar-refractivity contribution in [1.29, 1.82) is 0 Å². The summed E-state index contributed by atoms with van der Waals surface area (Å²) in [6.45, 7) is -0.314. The Hall–Kier alpha value is -4.27.